The first kappa shape index (κ1) is 27.3. The van der Waals surface area contributed by atoms with Crippen molar-refractivity contribution in [3.63, 3.8) is 0 Å². The number of piperazine rings is 1. The lowest BCUT2D eigenvalue weighted by Gasteiger charge is -2.33. The van der Waals surface area contributed by atoms with Crippen LogP contribution in [0.3, 0.4) is 0 Å². The van der Waals surface area contributed by atoms with Crippen molar-refractivity contribution in [2.24, 2.45) is 7.05 Å². The second kappa shape index (κ2) is 11.7. The molecule has 0 amide bonds. The monoisotopic (exact) mass is 533 g/mol. The molecule has 9 nitrogen and oxygen atoms in total. The van der Waals surface area contributed by atoms with Gasteiger partial charge in [0.25, 0.3) is 5.56 Å². The first-order valence-corrected chi connectivity index (χ1v) is 14.4. The first-order valence-electron chi connectivity index (χ1n) is 12.9. The zero-order valence-electron chi connectivity index (χ0n) is 21.8. The van der Waals surface area contributed by atoms with Gasteiger partial charge in [-0.1, -0.05) is 20.3 Å². The molecule has 0 bridgehead atoms. The number of hydrogen-bond acceptors (Lipinski definition) is 6. The van der Waals surface area contributed by atoms with Crippen molar-refractivity contribution >= 4 is 21.1 Å². The van der Waals surface area contributed by atoms with Crippen LogP contribution in [0.5, 0.6) is 5.75 Å². The Morgan fingerprint density at radius 2 is 1.89 bits per heavy atom. The van der Waals surface area contributed by atoms with Crippen molar-refractivity contribution in [3.8, 4) is 17.1 Å². The molecule has 1 aliphatic rings. The Hall–Kier alpha value is -2.76. The second-order valence-corrected chi connectivity index (χ2v) is 11.4. The van der Waals surface area contributed by atoms with Gasteiger partial charge in [0.2, 0.25) is 10.0 Å². The van der Waals surface area contributed by atoms with E-state index >= 15 is 0 Å². The van der Waals surface area contributed by atoms with Crippen LogP contribution in [0.2, 0.25) is 0 Å². The van der Waals surface area contributed by atoms with E-state index in [2.05, 4.69) is 16.8 Å². The largest absolute Gasteiger partial charge is 0.493 e. The highest BCUT2D eigenvalue weighted by atomic mass is 32.2. The summed E-state index contributed by atoms with van der Waals surface area (Å²) >= 11 is 0. The molecule has 202 valence electrons. The molecular formula is C26H36FN5O4S. The van der Waals surface area contributed by atoms with Gasteiger partial charge in [0, 0.05) is 46.0 Å². The molecule has 11 heteroatoms. The van der Waals surface area contributed by atoms with Gasteiger partial charge in [0.05, 0.1) is 29.3 Å². The molecule has 4 rings (SSSR count). The molecule has 0 saturated carbocycles. The molecule has 37 heavy (non-hydrogen) atoms. The van der Waals surface area contributed by atoms with Crippen LogP contribution in [-0.4, -0.2) is 78.2 Å². The number of H-pyrrole nitrogens is 1. The quantitative estimate of drug-likeness (QED) is 0.406. The first-order chi connectivity index (χ1) is 17.8. The predicted octanol–water partition coefficient (Wildman–Crippen LogP) is 3.34. The molecule has 1 N–H and O–H groups in total. The highest BCUT2D eigenvalue weighted by Gasteiger charge is 2.29. The number of alkyl halides is 1. The third-order valence-electron chi connectivity index (χ3n) is 6.67. The van der Waals surface area contributed by atoms with E-state index in [9.17, 15) is 17.6 Å². The summed E-state index contributed by atoms with van der Waals surface area (Å²) in [4.78, 5) is 22.9. The smallest absolute Gasteiger partial charge is 0.275 e. The Labute approximate surface area is 217 Å². The highest BCUT2D eigenvalue weighted by Crippen LogP contribution is 2.32. The van der Waals surface area contributed by atoms with Gasteiger partial charge >= 0.3 is 0 Å². The van der Waals surface area contributed by atoms with Crippen molar-refractivity contribution in [3.05, 3.63) is 40.3 Å². The number of aromatic nitrogens is 3. The van der Waals surface area contributed by atoms with Gasteiger partial charge in [-0.25, -0.2) is 13.4 Å². The average Bonchev–Trinajstić information content (AvgIpc) is 3.21. The maximum absolute atomic E-state index is 13.5. The molecule has 0 aliphatic carbocycles. The van der Waals surface area contributed by atoms with Gasteiger partial charge in [-0.3, -0.25) is 9.18 Å². The van der Waals surface area contributed by atoms with Crippen molar-refractivity contribution in [1.29, 1.82) is 0 Å². The number of rotatable bonds is 11. The van der Waals surface area contributed by atoms with Gasteiger partial charge in [0.1, 0.15) is 17.1 Å². The van der Waals surface area contributed by atoms with Crippen LogP contribution in [0.15, 0.2) is 34.1 Å². The molecule has 1 aliphatic heterocycles. The van der Waals surface area contributed by atoms with Crippen LogP contribution in [-0.2, 0) is 23.5 Å². The molecule has 0 spiro atoms. The van der Waals surface area contributed by atoms with Crippen LogP contribution in [0.1, 0.15) is 38.7 Å². The van der Waals surface area contributed by atoms with Crippen LogP contribution in [0.4, 0.5) is 4.39 Å². The SMILES string of the molecule is CCCOc1ccc(S(=O)(=O)N2CCN(CCCF)CC2)cc1-c1nc2c(CCC)cn(C)c2c(=O)[nH]1. The Bertz CT molecular complexity index is 1390. The number of fused-ring (bicyclic) bond motifs is 1. The number of benzene rings is 1. The number of aryl methyl sites for hydroxylation is 2. The summed E-state index contributed by atoms with van der Waals surface area (Å²) in [6.07, 6.45) is 4.82. The van der Waals surface area contributed by atoms with Gasteiger partial charge < -0.3 is 19.2 Å². The van der Waals surface area contributed by atoms with E-state index in [1.807, 2.05) is 20.2 Å². The number of ether oxygens (including phenoxy) is 1. The van der Waals surface area contributed by atoms with Gasteiger partial charge in [-0.2, -0.15) is 4.31 Å². The zero-order valence-corrected chi connectivity index (χ0v) is 22.6. The molecule has 0 radical (unpaired) electrons. The van der Waals surface area contributed by atoms with Crippen LogP contribution in [0.25, 0.3) is 22.4 Å². The van der Waals surface area contributed by atoms with E-state index in [0.29, 0.717) is 68.1 Å². The zero-order chi connectivity index (χ0) is 26.6. The summed E-state index contributed by atoms with van der Waals surface area (Å²) in [5.74, 6) is 0.743. The lowest BCUT2D eigenvalue weighted by molar-refractivity contribution is 0.182. The van der Waals surface area contributed by atoms with E-state index < -0.39 is 10.0 Å². The lowest BCUT2D eigenvalue weighted by atomic mass is 10.1. The summed E-state index contributed by atoms with van der Waals surface area (Å²) in [7, 11) is -1.97. The Morgan fingerprint density at radius 3 is 2.57 bits per heavy atom. The Balaban J connectivity index is 1.74. The van der Waals surface area contributed by atoms with Gasteiger partial charge in [-0.15, -0.1) is 0 Å². The number of nitrogens with one attached hydrogen (secondary N) is 1. The average molecular weight is 534 g/mol. The standard InChI is InChI=1S/C26H36FN5O4S/c1-4-7-19-18-30(3)24-23(19)28-25(29-26(24)33)21-17-20(8-9-22(21)36-16-5-2)37(34,35)32-14-12-31(13-15-32)11-6-10-27/h8-9,17-18H,4-7,10-16H2,1-3H3,(H,28,29,33). The number of aromatic amines is 1. The minimum atomic E-state index is -3.79. The van der Waals surface area contributed by atoms with Gasteiger partial charge in [-0.05, 0) is 43.0 Å². The summed E-state index contributed by atoms with van der Waals surface area (Å²) in [6.45, 7) is 6.54. The molecule has 3 aromatic rings. The molecule has 2 aromatic heterocycles. The van der Waals surface area contributed by atoms with Crippen LogP contribution in [0, 0.1) is 0 Å². The summed E-state index contributed by atoms with van der Waals surface area (Å²) < 4.78 is 48.8. The van der Waals surface area contributed by atoms with Crippen molar-refractivity contribution in [1.82, 2.24) is 23.7 Å². The fraction of sp³-hybridized carbons (Fsp3) is 0.538. The highest BCUT2D eigenvalue weighted by molar-refractivity contribution is 7.89. The topological polar surface area (TPSA) is 101 Å². The van der Waals surface area contributed by atoms with E-state index in [1.165, 1.54) is 4.31 Å². The van der Waals surface area contributed by atoms with E-state index in [0.717, 1.165) is 24.8 Å². The molecule has 1 aromatic carbocycles. The number of nitrogens with zero attached hydrogens (tertiary/aromatic N) is 4. The second-order valence-electron chi connectivity index (χ2n) is 9.42. The summed E-state index contributed by atoms with van der Waals surface area (Å²) in [5, 5.41) is 0. The molecule has 1 fully saturated rings. The maximum atomic E-state index is 13.5. The molecule has 1 saturated heterocycles. The maximum Gasteiger partial charge on any atom is 0.275 e. The fourth-order valence-corrected chi connectivity index (χ4v) is 6.22. The summed E-state index contributed by atoms with van der Waals surface area (Å²) in [5.41, 5.74) is 2.21. The predicted molar refractivity (Wildman–Crippen MR) is 142 cm³/mol. The third kappa shape index (κ3) is 5.73. The fourth-order valence-electron chi connectivity index (χ4n) is 4.78. The van der Waals surface area contributed by atoms with Gasteiger partial charge in [0.15, 0.2) is 0 Å². The van der Waals surface area contributed by atoms with Crippen molar-refractivity contribution in [2.45, 2.75) is 44.4 Å². The summed E-state index contributed by atoms with van der Waals surface area (Å²) in [6, 6.07) is 4.72. The molecule has 0 atom stereocenters. The Kier molecular flexibility index (Phi) is 8.66. The number of hydrogen-bond donors (Lipinski definition) is 1. The van der Waals surface area contributed by atoms with E-state index in [4.69, 9.17) is 9.72 Å². The number of sulfonamides is 1. The normalized spacial score (nSPS) is 15.5. The van der Waals surface area contributed by atoms with E-state index in [-0.39, 0.29) is 23.0 Å². The lowest BCUT2D eigenvalue weighted by Crippen LogP contribution is -2.48. The van der Waals surface area contributed by atoms with Crippen LogP contribution < -0.4 is 10.3 Å². The Morgan fingerprint density at radius 1 is 1.14 bits per heavy atom. The van der Waals surface area contributed by atoms with Crippen LogP contribution >= 0.6 is 0 Å². The third-order valence-corrected chi connectivity index (χ3v) is 8.56. The molecule has 0 unspecified atom stereocenters. The minimum Gasteiger partial charge on any atom is -0.493 e. The molecule has 3 heterocycles. The van der Waals surface area contributed by atoms with Crippen molar-refractivity contribution in [2.75, 3.05) is 46.0 Å². The molecular weight excluding hydrogens is 497 g/mol. The minimum absolute atomic E-state index is 0.119. The van der Waals surface area contributed by atoms with E-state index in [1.54, 1.807) is 22.8 Å². The van der Waals surface area contributed by atoms with Crippen molar-refractivity contribution < 1.29 is 17.5 Å². The number of halogens is 1.